The number of hydrogen-bond donors (Lipinski definition) is 0. The Kier molecular flexibility index (Phi) is 5.81. The summed E-state index contributed by atoms with van der Waals surface area (Å²) in [5.74, 6) is -0.358. The summed E-state index contributed by atoms with van der Waals surface area (Å²) in [5, 5.41) is 6.28. The van der Waals surface area contributed by atoms with E-state index < -0.39 is 0 Å². The standard InChI is InChI=1S/C28H28FN3O/c1-19-11-12-23(20(2)15-19)27-16-26(24-9-5-6-10-25(24)29)30-32(27)28(33)18-31-14-13-21-7-3-4-8-22(21)17-31/h3-12,15,27H,13-14,16-18H2,1-2H3/t27-/m1/s1. The molecule has 0 N–H and O–H groups in total. The monoisotopic (exact) mass is 441 g/mol. The average Bonchev–Trinajstić information content (AvgIpc) is 3.24. The predicted molar refractivity (Wildman–Crippen MR) is 128 cm³/mol. The highest BCUT2D eigenvalue weighted by atomic mass is 19.1. The van der Waals surface area contributed by atoms with E-state index in [1.54, 1.807) is 17.1 Å². The average molecular weight is 442 g/mol. The first-order chi connectivity index (χ1) is 16.0. The maximum Gasteiger partial charge on any atom is 0.257 e. The van der Waals surface area contributed by atoms with Gasteiger partial charge in [0.1, 0.15) is 5.82 Å². The molecule has 0 saturated heterocycles. The lowest BCUT2D eigenvalue weighted by atomic mass is 9.94. The summed E-state index contributed by atoms with van der Waals surface area (Å²) in [5.41, 5.74) is 7.08. The number of fused-ring (bicyclic) bond motifs is 1. The number of aryl methyl sites for hydroxylation is 2. The van der Waals surface area contributed by atoms with Gasteiger partial charge in [-0.15, -0.1) is 0 Å². The minimum atomic E-state index is -0.308. The first-order valence-electron chi connectivity index (χ1n) is 11.5. The van der Waals surface area contributed by atoms with Crippen molar-refractivity contribution in [2.45, 2.75) is 39.3 Å². The highest BCUT2D eigenvalue weighted by molar-refractivity contribution is 6.03. The minimum absolute atomic E-state index is 0.0503. The Morgan fingerprint density at radius 3 is 2.58 bits per heavy atom. The highest BCUT2D eigenvalue weighted by Crippen LogP contribution is 2.35. The van der Waals surface area contributed by atoms with Gasteiger partial charge in [0.25, 0.3) is 5.91 Å². The maximum atomic E-state index is 14.6. The summed E-state index contributed by atoms with van der Waals surface area (Å²) in [7, 11) is 0. The fourth-order valence-corrected chi connectivity index (χ4v) is 4.99. The molecule has 2 aliphatic rings. The van der Waals surface area contributed by atoms with Crippen molar-refractivity contribution in [1.29, 1.82) is 0 Å². The smallest absolute Gasteiger partial charge is 0.257 e. The highest BCUT2D eigenvalue weighted by Gasteiger charge is 2.35. The molecule has 0 unspecified atom stereocenters. The van der Waals surface area contributed by atoms with E-state index in [-0.39, 0.29) is 17.8 Å². The van der Waals surface area contributed by atoms with E-state index in [0.717, 1.165) is 30.6 Å². The molecule has 4 nitrogen and oxygen atoms in total. The number of nitrogens with zero attached hydrogens (tertiary/aromatic N) is 3. The normalized spacial score (nSPS) is 18.2. The number of rotatable bonds is 4. The molecule has 0 fully saturated rings. The van der Waals surface area contributed by atoms with Crippen LogP contribution in [0.3, 0.4) is 0 Å². The van der Waals surface area contributed by atoms with Crippen molar-refractivity contribution in [3.05, 3.63) is 106 Å². The van der Waals surface area contributed by atoms with Gasteiger partial charge in [-0.2, -0.15) is 5.10 Å². The van der Waals surface area contributed by atoms with Crippen LogP contribution < -0.4 is 0 Å². The van der Waals surface area contributed by atoms with Crippen LogP contribution in [-0.4, -0.2) is 34.6 Å². The summed E-state index contributed by atoms with van der Waals surface area (Å²) >= 11 is 0. The zero-order valence-electron chi connectivity index (χ0n) is 19.1. The number of carbonyl (C=O) groups is 1. The molecule has 2 aliphatic heterocycles. The van der Waals surface area contributed by atoms with Gasteiger partial charge in [0, 0.05) is 25.1 Å². The van der Waals surface area contributed by atoms with Crippen molar-refractivity contribution >= 4 is 11.6 Å². The lowest BCUT2D eigenvalue weighted by Crippen LogP contribution is -2.40. The van der Waals surface area contributed by atoms with Gasteiger partial charge in [-0.1, -0.05) is 66.2 Å². The van der Waals surface area contributed by atoms with Crippen LogP contribution >= 0.6 is 0 Å². The first kappa shape index (κ1) is 21.5. The van der Waals surface area contributed by atoms with Gasteiger partial charge in [-0.25, -0.2) is 9.40 Å². The number of hydrogen-bond acceptors (Lipinski definition) is 3. The molecule has 5 rings (SSSR count). The second-order valence-corrected chi connectivity index (χ2v) is 9.07. The molecule has 1 amide bonds. The third-order valence-electron chi connectivity index (χ3n) is 6.70. The molecule has 168 valence electrons. The van der Waals surface area contributed by atoms with E-state index >= 15 is 0 Å². The van der Waals surface area contributed by atoms with Crippen molar-refractivity contribution in [3.63, 3.8) is 0 Å². The lowest BCUT2D eigenvalue weighted by molar-refractivity contribution is -0.134. The molecule has 1 atom stereocenters. The van der Waals surface area contributed by atoms with Gasteiger partial charge in [0.15, 0.2) is 0 Å². The second-order valence-electron chi connectivity index (χ2n) is 9.07. The van der Waals surface area contributed by atoms with E-state index in [1.165, 1.54) is 22.8 Å². The molecular formula is C28H28FN3O. The fourth-order valence-electron chi connectivity index (χ4n) is 4.99. The van der Waals surface area contributed by atoms with Gasteiger partial charge in [-0.05, 0) is 48.6 Å². The van der Waals surface area contributed by atoms with Gasteiger partial charge >= 0.3 is 0 Å². The largest absolute Gasteiger partial charge is 0.290 e. The van der Waals surface area contributed by atoms with E-state index in [2.05, 4.69) is 60.2 Å². The summed E-state index contributed by atoms with van der Waals surface area (Å²) in [4.78, 5) is 15.7. The Morgan fingerprint density at radius 1 is 1.03 bits per heavy atom. The molecule has 2 heterocycles. The molecule has 0 saturated carbocycles. The van der Waals surface area contributed by atoms with Gasteiger partial charge in [0.05, 0.1) is 18.3 Å². The Labute approximate surface area is 194 Å². The number of benzene rings is 3. The van der Waals surface area contributed by atoms with E-state index in [9.17, 15) is 9.18 Å². The zero-order chi connectivity index (χ0) is 22.9. The van der Waals surface area contributed by atoms with Crippen LogP contribution in [0, 0.1) is 19.7 Å². The van der Waals surface area contributed by atoms with E-state index in [4.69, 9.17) is 0 Å². The Balaban J connectivity index is 1.43. The number of carbonyl (C=O) groups excluding carboxylic acids is 1. The Hall–Kier alpha value is -3.31. The molecule has 33 heavy (non-hydrogen) atoms. The molecule has 0 aliphatic carbocycles. The van der Waals surface area contributed by atoms with E-state index in [1.807, 2.05) is 12.1 Å². The van der Waals surface area contributed by atoms with Crippen molar-refractivity contribution in [3.8, 4) is 0 Å². The van der Waals surface area contributed by atoms with Gasteiger partial charge < -0.3 is 0 Å². The minimum Gasteiger partial charge on any atom is -0.290 e. The zero-order valence-corrected chi connectivity index (χ0v) is 19.1. The fraction of sp³-hybridized carbons (Fsp3) is 0.286. The SMILES string of the molecule is Cc1ccc([C@H]2CC(c3ccccc3F)=NN2C(=O)CN2CCc3ccccc3C2)c(C)c1. The summed E-state index contributed by atoms with van der Waals surface area (Å²) < 4.78 is 14.6. The van der Waals surface area contributed by atoms with Crippen LogP contribution in [0.5, 0.6) is 0 Å². The molecule has 0 bridgehead atoms. The van der Waals surface area contributed by atoms with Crippen LogP contribution in [0.4, 0.5) is 4.39 Å². The summed E-state index contributed by atoms with van der Waals surface area (Å²) in [6.45, 7) is 6.02. The molecule has 3 aromatic carbocycles. The number of amides is 1. The lowest BCUT2D eigenvalue weighted by Gasteiger charge is -2.30. The molecule has 0 aromatic heterocycles. The van der Waals surface area contributed by atoms with Crippen LogP contribution in [0.1, 0.15) is 45.8 Å². The van der Waals surface area contributed by atoms with Crippen molar-refractivity contribution in [2.24, 2.45) is 5.10 Å². The Bertz CT molecular complexity index is 1240. The topological polar surface area (TPSA) is 35.9 Å². The van der Waals surface area contributed by atoms with Crippen LogP contribution in [0.2, 0.25) is 0 Å². The molecule has 5 heteroatoms. The number of hydrazone groups is 1. The summed E-state index contributed by atoms with van der Waals surface area (Å²) in [6.07, 6.45) is 1.44. The molecule has 3 aromatic rings. The number of halogens is 1. The second kappa shape index (κ2) is 8.91. The Morgan fingerprint density at radius 2 is 1.79 bits per heavy atom. The maximum absolute atomic E-state index is 14.6. The van der Waals surface area contributed by atoms with Gasteiger partial charge in [-0.3, -0.25) is 9.69 Å². The quantitative estimate of drug-likeness (QED) is 0.559. The van der Waals surface area contributed by atoms with Crippen molar-refractivity contribution in [1.82, 2.24) is 9.91 Å². The van der Waals surface area contributed by atoms with Crippen LogP contribution in [0.25, 0.3) is 0 Å². The summed E-state index contributed by atoms with van der Waals surface area (Å²) in [6, 6.07) is 21.1. The molecular weight excluding hydrogens is 413 g/mol. The third kappa shape index (κ3) is 4.33. The first-order valence-corrected chi connectivity index (χ1v) is 11.5. The predicted octanol–water partition coefficient (Wildman–Crippen LogP) is 5.18. The molecule has 0 radical (unpaired) electrons. The van der Waals surface area contributed by atoms with Crippen LogP contribution in [0.15, 0.2) is 71.8 Å². The van der Waals surface area contributed by atoms with Crippen molar-refractivity contribution < 1.29 is 9.18 Å². The van der Waals surface area contributed by atoms with Crippen molar-refractivity contribution in [2.75, 3.05) is 13.1 Å². The molecule has 0 spiro atoms. The van der Waals surface area contributed by atoms with Gasteiger partial charge in [0.2, 0.25) is 0 Å². The third-order valence-corrected chi connectivity index (χ3v) is 6.70. The van der Waals surface area contributed by atoms with Crippen LogP contribution in [-0.2, 0) is 17.8 Å². The van der Waals surface area contributed by atoms with E-state index in [0.29, 0.717) is 24.2 Å².